The van der Waals surface area contributed by atoms with Crippen molar-refractivity contribution < 1.29 is 4.79 Å². The molecule has 5 heteroatoms. The molecule has 0 aliphatic carbocycles. The van der Waals surface area contributed by atoms with Gasteiger partial charge < -0.3 is 10.2 Å². The van der Waals surface area contributed by atoms with Crippen molar-refractivity contribution in [1.29, 1.82) is 0 Å². The van der Waals surface area contributed by atoms with Crippen molar-refractivity contribution in [2.24, 2.45) is 0 Å². The topological polar surface area (TPSA) is 58.1 Å². The molecule has 0 radical (unpaired) electrons. The summed E-state index contributed by atoms with van der Waals surface area (Å²) in [6.07, 6.45) is 6.49. The SMILES string of the molecule is O=C(NCCCN1CCCCC1)c1cnc2ccccc2n1. The average molecular weight is 298 g/mol. The second-order valence-corrected chi connectivity index (χ2v) is 5.76. The number of fused-ring (bicyclic) bond motifs is 1. The molecule has 1 saturated heterocycles. The first-order chi connectivity index (χ1) is 10.8. The molecule has 0 bridgehead atoms. The zero-order valence-electron chi connectivity index (χ0n) is 12.8. The van der Waals surface area contributed by atoms with E-state index in [-0.39, 0.29) is 5.91 Å². The molecule has 1 amide bonds. The van der Waals surface area contributed by atoms with Gasteiger partial charge in [0.15, 0.2) is 0 Å². The molecular weight excluding hydrogens is 276 g/mol. The van der Waals surface area contributed by atoms with Crippen molar-refractivity contribution in [3.8, 4) is 0 Å². The molecule has 3 rings (SSSR count). The van der Waals surface area contributed by atoms with E-state index in [0.29, 0.717) is 12.2 Å². The fourth-order valence-corrected chi connectivity index (χ4v) is 2.84. The van der Waals surface area contributed by atoms with Crippen LogP contribution in [0.3, 0.4) is 0 Å². The summed E-state index contributed by atoms with van der Waals surface area (Å²) in [7, 11) is 0. The van der Waals surface area contributed by atoms with Crippen LogP contribution < -0.4 is 5.32 Å². The van der Waals surface area contributed by atoms with E-state index >= 15 is 0 Å². The molecule has 0 saturated carbocycles. The van der Waals surface area contributed by atoms with Crippen molar-refractivity contribution in [2.45, 2.75) is 25.7 Å². The third kappa shape index (κ3) is 3.80. The Labute approximate surface area is 130 Å². The molecule has 22 heavy (non-hydrogen) atoms. The van der Waals surface area contributed by atoms with Gasteiger partial charge in [-0.2, -0.15) is 0 Å². The molecule has 1 aliphatic heterocycles. The number of hydrogen-bond donors (Lipinski definition) is 1. The van der Waals surface area contributed by atoms with Crippen LogP contribution in [-0.2, 0) is 0 Å². The van der Waals surface area contributed by atoms with Crippen molar-refractivity contribution in [3.63, 3.8) is 0 Å². The minimum Gasteiger partial charge on any atom is -0.351 e. The second kappa shape index (κ2) is 7.31. The Kier molecular flexibility index (Phi) is 4.96. The Balaban J connectivity index is 1.48. The number of piperidine rings is 1. The van der Waals surface area contributed by atoms with Crippen LogP contribution >= 0.6 is 0 Å². The lowest BCUT2D eigenvalue weighted by atomic mass is 10.1. The Morgan fingerprint density at radius 3 is 2.73 bits per heavy atom. The summed E-state index contributed by atoms with van der Waals surface area (Å²) in [5.41, 5.74) is 1.95. The maximum Gasteiger partial charge on any atom is 0.271 e. The summed E-state index contributed by atoms with van der Waals surface area (Å²) in [6, 6.07) is 7.58. The number of carbonyl (C=O) groups is 1. The van der Waals surface area contributed by atoms with Gasteiger partial charge in [-0.05, 0) is 51.0 Å². The smallest absolute Gasteiger partial charge is 0.271 e. The van der Waals surface area contributed by atoms with Crippen LogP contribution in [0.1, 0.15) is 36.2 Å². The maximum atomic E-state index is 12.1. The third-order valence-electron chi connectivity index (χ3n) is 4.07. The van der Waals surface area contributed by atoms with Gasteiger partial charge >= 0.3 is 0 Å². The summed E-state index contributed by atoms with van der Waals surface area (Å²) < 4.78 is 0. The van der Waals surface area contributed by atoms with Crippen LogP contribution in [0.15, 0.2) is 30.5 Å². The first-order valence-corrected chi connectivity index (χ1v) is 8.05. The molecule has 1 fully saturated rings. The number of amides is 1. The number of aromatic nitrogens is 2. The van der Waals surface area contributed by atoms with E-state index in [4.69, 9.17) is 0 Å². The standard InChI is InChI=1S/C17H22N4O/c22-17(18-9-6-12-21-10-4-1-5-11-21)16-13-19-14-7-2-3-8-15(14)20-16/h2-3,7-8,13H,1,4-6,9-12H2,(H,18,22). The molecule has 0 spiro atoms. The van der Waals surface area contributed by atoms with Crippen molar-refractivity contribution in [2.75, 3.05) is 26.2 Å². The molecule has 2 heterocycles. The first-order valence-electron chi connectivity index (χ1n) is 8.05. The summed E-state index contributed by atoms with van der Waals surface area (Å²) in [5, 5.41) is 2.94. The maximum absolute atomic E-state index is 12.1. The number of carbonyl (C=O) groups excluding carboxylic acids is 1. The molecule has 2 aromatic rings. The number of nitrogens with one attached hydrogen (secondary N) is 1. The molecular formula is C17H22N4O. The molecule has 5 nitrogen and oxygen atoms in total. The zero-order valence-corrected chi connectivity index (χ0v) is 12.8. The molecule has 1 aliphatic rings. The van der Waals surface area contributed by atoms with Gasteiger partial charge in [0.25, 0.3) is 5.91 Å². The molecule has 0 unspecified atom stereocenters. The van der Waals surface area contributed by atoms with Gasteiger partial charge in [-0.25, -0.2) is 4.98 Å². The van der Waals surface area contributed by atoms with E-state index in [1.54, 1.807) is 6.20 Å². The van der Waals surface area contributed by atoms with Crippen LogP contribution in [0.4, 0.5) is 0 Å². The van der Waals surface area contributed by atoms with Crippen LogP contribution in [0.5, 0.6) is 0 Å². The van der Waals surface area contributed by atoms with E-state index in [1.807, 2.05) is 24.3 Å². The lowest BCUT2D eigenvalue weighted by Crippen LogP contribution is -2.33. The Bertz CT molecular complexity index is 637. The Morgan fingerprint density at radius 2 is 1.91 bits per heavy atom. The first kappa shape index (κ1) is 14.9. The van der Waals surface area contributed by atoms with Gasteiger partial charge in [-0.1, -0.05) is 18.6 Å². The average Bonchev–Trinajstić information content (AvgIpc) is 2.59. The fourth-order valence-electron chi connectivity index (χ4n) is 2.84. The number of likely N-dealkylation sites (tertiary alicyclic amines) is 1. The minimum absolute atomic E-state index is 0.142. The lowest BCUT2D eigenvalue weighted by molar-refractivity contribution is 0.0946. The summed E-state index contributed by atoms with van der Waals surface area (Å²) in [6.45, 7) is 4.14. The second-order valence-electron chi connectivity index (χ2n) is 5.76. The van der Waals surface area contributed by atoms with Gasteiger partial charge in [0.1, 0.15) is 5.69 Å². The highest BCUT2D eigenvalue weighted by atomic mass is 16.1. The van der Waals surface area contributed by atoms with E-state index in [9.17, 15) is 4.79 Å². The zero-order chi connectivity index (χ0) is 15.2. The Morgan fingerprint density at radius 1 is 1.14 bits per heavy atom. The summed E-state index contributed by atoms with van der Waals surface area (Å²) >= 11 is 0. The van der Waals surface area contributed by atoms with Gasteiger partial charge in [0, 0.05) is 6.54 Å². The molecule has 116 valence electrons. The number of hydrogen-bond acceptors (Lipinski definition) is 4. The molecule has 0 atom stereocenters. The fraction of sp³-hybridized carbons (Fsp3) is 0.471. The Hall–Kier alpha value is -2.01. The van der Waals surface area contributed by atoms with Crippen LogP contribution in [0, 0.1) is 0 Å². The molecule has 1 aromatic heterocycles. The van der Waals surface area contributed by atoms with Gasteiger partial charge in [-0.3, -0.25) is 9.78 Å². The van der Waals surface area contributed by atoms with E-state index in [1.165, 1.54) is 32.4 Å². The van der Waals surface area contributed by atoms with Gasteiger partial charge in [-0.15, -0.1) is 0 Å². The van der Waals surface area contributed by atoms with Crippen LogP contribution in [-0.4, -0.2) is 47.0 Å². The highest BCUT2D eigenvalue weighted by molar-refractivity contribution is 5.93. The highest BCUT2D eigenvalue weighted by Crippen LogP contribution is 2.09. The predicted molar refractivity (Wildman–Crippen MR) is 86.8 cm³/mol. The minimum atomic E-state index is -0.142. The summed E-state index contributed by atoms with van der Waals surface area (Å²) in [5.74, 6) is -0.142. The molecule has 1 N–H and O–H groups in total. The van der Waals surface area contributed by atoms with Gasteiger partial charge in [0.2, 0.25) is 0 Å². The van der Waals surface area contributed by atoms with E-state index < -0.39 is 0 Å². The van der Waals surface area contributed by atoms with Crippen molar-refractivity contribution in [3.05, 3.63) is 36.2 Å². The normalized spacial score (nSPS) is 15.8. The number of rotatable bonds is 5. The summed E-state index contributed by atoms with van der Waals surface area (Å²) in [4.78, 5) is 23.2. The van der Waals surface area contributed by atoms with E-state index in [0.717, 1.165) is 24.0 Å². The third-order valence-corrected chi connectivity index (χ3v) is 4.07. The lowest BCUT2D eigenvalue weighted by Gasteiger charge is -2.26. The number of benzene rings is 1. The van der Waals surface area contributed by atoms with Gasteiger partial charge in [0.05, 0.1) is 17.2 Å². The van der Waals surface area contributed by atoms with Crippen LogP contribution in [0.2, 0.25) is 0 Å². The van der Waals surface area contributed by atoms with E-state index in [2.05, 4.69) is 20.2 Å². The highest BCUT2D eigenvalue weighted by Gasteiger charge is 2.11. The van der Waals surface area contributed by atoms with Crippen molar-refractivity contribution >= 4 is 16.9 Å². The van der Waals surface area contributed by atoms with Crippen molar-refractivity contribution in [1.82, 2.24) is 20.2 Å². The predicted octanol–water partition coefficient (Wildman–Crippen LogP) is 2.24. The number of nitrogens with zero attached hydrogens (tertiary/aromatic N) is 3. The van der Waals surface area contributed by atoms with Crippen LogP contribution in [0.25, 0.3) is 11.0 Å². The quantitative estimate of drug-likeness (QED) is 0.860. The number of para-hydroxylation sites is 2. The molecule has 1 aromatic carbocycles. The largest absolute Gasteiger partial charge is 0.351 e. The monoisotopic (exact) mass is 298 g/mol.